The molecule has 2 aliphatic heterocycles. The summed E-state index contributed by atoms with van der Waals surface area (Å²) in [5.41, 5.74) is 0. The summed E-state index contributed by atoms with van der Waals surface area (Å²) in [6.07, 6.45) is 3.60. The maximum Gasteiger partial charge on any atom is 0.284 e. The molecule has 4 heteroatoms. The van der Waals surface area contributed by atoms with Crippen molar-refractivity contribution in [2.45, 2.75) is 25.3 Å². The van der Waals surface area contributed by atoms with E-state index in [9.17, 15) is 0 Å². The molecule has 0 aromatic rings. The van der Waals surface area contributed by atoms with E-state index in [1.54, 1.807) is 0 Å². The van der Waals surface area contributed by atoms with Crippen LogP contribution >= 0.6 is 0 Å². The zero-order valence-electron chi connectivity index (χ0n) is 7.88. The molecule has 1 unspecified atom stereocenters. The fraction of sp³-hybridized carbons (Fsp3) is 0.889. The first kappa shape index (κ1) is 8.81. The van der Waals surface area contributed by atoms with Crippen molar-refractivity contribution < 1.29 is 4.74 Å². The minimum atomic E-state index is 0.605. The van der Waals surface area contributed by atoms with Gasteiger partial charge in [0.05, 0.1) is 6.61 Å². The zero-order valence-corrected chi connectivity index (χ0v) is 7.88. The lowest BCUT2D eigenvalue weighted by Crippen LogP contribution is -2.39. The van der Waals surface area contributed by atoms with Crippen LogP contribution in [0.15, 0.2) is 4.99 Å². The highest BCUT2D eigenvalue weighted by molar-refractivity contribution is 5.73. The first-order valence-corrected chi connectivity index (χ1v) is 5.09. The van der Waals surface area contributed by atoms with Crippen LogP contribution in [0.5, 0.6) is 0 Å². The van der Waals surface area contributed by atoms with Crippen LogP contribution in [-0.2, 0) is 4.74 Å². The molecule has 4 nitrogen and oxygen atoms in total. The van der Waals surface area contributed by atoms with Crippen LogP contribution in [0.4, 0.5) is 0 Å². The maximum absolute atomic E-state index is 5.35. The summed E-state index contributed by atoms with van der Waals surface area (Å²) in [4.78, 5) is 4.25. The van der Waals surface area contributed by atoms with E-state index in [4.69, 9.17) is 4.74 Å². The standard InChI is InChI=1S/C9H17N3O/c1-3-8(10-4-1)7-12-9-11-5-2-6-13-9/h8,10H,1-7H2,(H,11,12). The molecule has 0 radical (unpaired) electrons. The summed E-state index contributed by atoms with van der Waals surface area (Å²) in [5, 5.41) is 6.65. The second kappa shape index (κ2) is 4.46. The Morgan fingerprint density at radius 2 is 2.54 bits per heavy atom. The minimum Gasteiger partial charge on any atom is -0.465 e. The van der Waals surface area contributed by atoms with Crippen LogP contribution in [0.3, 0.4) is 0 Å². The van der Waals surface area contributed by atoms with Crippen LogP contribution in [0.2, 0.25) is 0 Å². The molecule has 0 spiro atoms. The molecule has 0 bridgehead atoms. The number of ether oxygens (including phenoxy) is 1. The van der Waals surface area contributed by atoms with Crippen molar-refractivity contribution in [3.8, 4) is 0 Å². The van der Waals surface area contributed by atoms with Crippen molar-refractivity contribution in [3.63, 3.8) is 0 Å². The topological polar surface area (TPSA) is 45.7 Å². The molecule has 0 aliphatic carbocycles. The third kappa shape index (κ3) is 2.59. The van der Waals surface area contributed by atoms with E-state index in [-0.39, 0.29) is 0 Å². The van der Waals surface area contributed by atoms with Gasteiger partial charge < -0.3 is 15.4 Å². The smallest absolute Gasteiger partial charge is 0.284 e. The summed E-state index contributed by atoms with van der Waals surface area (Å²) in [5.74, 6) is 0. The first-order valence-electron chi connectivity index (χ1n) is 5.09. The van der Waals surface area contributed by atoms with E-state index >= 15 is 0 Å². The first-order chi connectivity index (χ1) is 6.45. The molecule has 0 aromatic carbocycles. The lowest BCUT2D eigenvalue weighted by molar-refractivity contribution is 0.266. The molecule has 74 valence electrons. The molecule has 1 atom stereocenters. The van der Waals surface area contributed by atoms with Crippen molar-refractivity contribution in [3.05, 3.63) is 0 Å². The predicted octanol–water partition coefficient (Wildman–Crippen LogP) is 0.104. The number of rotatable bonds is 2. The number of nitrogens with zero attached hydrogens (tertiary/aromatic N) is 1. The molecule has 13 heavy (non-hydrogen) atoms. The van der Waals surface area contributed by atoms with Gasteiger partial charge in [-0.25, -0.2) is 4.99 Å². The summed E-state index contributed by atoms with van der Waals surface area (Å²) in [6.45, 7) is 3.81. The van der Waals surface area contributed by atoms with E-state index in [1.165, 1.54) is 12.8 Å². The molecule has 2 rings (SSSR count). The van der Waals surface area contributed by atoms with Gasteiger partial charge in [-0.05, 0) is 19.4 Å². The Morgan fingerprint density at radius 3 is 3.23 bits per heavy atom. The van der Waals surface area contributed by atoms with Gasteiger partial charge in [-0.15, -0.1) is 0 Å². The van der Waals surface area contributed by atoms with Crippen molar-refractivity contribution in [2.75, 3.05) is 26.2 Å². The largest absolute Gasteiger partial charge is 0.465 e. The van der Waals surface area contributed by atoms with Gasteiger partial charge in [0.2, 0.25) is 0 Å². The van der Waals surface area contributed by atoms with Crippen molar-refractivity contribution >= 4 is 6.02 Å². The predicted molar refractivity (Wildman–Crippen MR) is 51.9 cm³/mol. The Kier molecular flexibility index (Phi) is 3.02. The normalized spacial score (nSPS) is 28.0. The summed E-state index contributed by atoms with van der Waals surface area (Å²) in [6, 6.07) is 1.34. The number of amidine groups is 1. The highest BCUT2D eigenvalue weighted by Crippen LogP contribution is 2.03. The zero-order chi connectivity index (χ0) is 8.93. The second-order valence-corrected chi connectivity index (χ2v) is 3.56. The molecule has 0 amide bonds. The summed E-state index contributed by atoms with van der Waals surface area (Å²) >= 11 is 0. The molecular weight excluding hydrogens is 166 g/mol. The fourth-order valence-electron chi connectivity index (χ4n) is 1.71. The van der Waals surface area contributed by atoms with Crippen LogP contribution in [0, 0.1) is 0 Å². The molecule has 1 fully saturated rings. The molecular formula is C9H17N3O. The van der Waals surface area contributed by atoms with Crippen molar-refractivity contribution in [1.29, 1.82) is 0 Å². The van der Waals surface area contributed by atoms with E-state index in [0.717, 1.165) is 38.7 Å². The van der Waals surface area contributed by atoms with E-state index in [1.807, 2.05) is 0 Å². The van der Waals surface area contributed by atoms with Crippen molar-refractivity contribution in [2.24, 2.45) is 4.99 Å². The van der Waals surface area contributed by atoms with Gasteiger partial charge in [-0.3, -0.25) is 0 Å². The molecule has 0 aromatic heterocycles. The van der Waals surface area contributed by atoms with Gasteiger partial charge in [0.25, 0.3) is 6.02 Å². The Balaban J connectivity index is 1.68. The minimum absolute atomic E-state index is 0.605. The van der Waals surface area contributed by atoms with Crippen LogP contribution in [-0.4, -0.2) is 38.3 Å². The SMILES string of the molecule is C1CN=C(NCC2CCCN2)OC1. The monoisotopic (exact) mass is 183 g/mol. The van der Waals surface area contributed by atoms with Crippen LogP contribution < -0.4 is 10.6 Å². The van der Waals surface area contributed by atoms with Gasteiger partial charge in [-0.2, -0.15) is 0 Å². The van der Waals surface area contributed by atoms with Crippen LogP contribution in [0.25, 0.3) is 0 Å². The lowest BCUT2D eigenvalue weighted by Gasteiger charge is -2.17. The van der Waals surface area contributed by atoms with E-state index in [0.29, 0.717) is 6.04 Å². The number of nitrogens with one attached hydrogen (secondary N) is 2. The second-order valence-electron chi connectivity index (χ2n) is 3.56. The van der Waals surface area contributed by atoms with E-state index in [2.05, 4.69) is 15.6 Å². The highest BCUT2D eigenvalue weighted by Gasteiger charge is 2.14. The third-order valence-electron chi connectivity index (χ3n) is 2.46. The maximum atomic E-state index is 5.35. The third-order valence-corrected chi connectivity index (χ3v) is 2.46. The van der Waals surface area contributed by atoms with Gasteiger partial charge in [0.15, 0.2) is 0 Å². The van der Waals surface area contributed by atoms with Gasteiger partial charge in [0, 0.05) is 25.6 Å². The number of hydrogen-bond donors (Lipinski definition) is 2. The summed E-state index contributed by atoms with van der Waals surface area (Å²) in [7, 11) is 0. The molecule has 1 saturated heterocycles. The van der Waals surface area contributed by atoms with Gasteiger partial charge >= 0.3 is 0 Å². The molecule has 0 saturated carbocycles. The molecule has 2 heterocycles. The quantitative estimate of drug-likeness (QED) is 0.638. The molecule has 2 aliphatic rings. The Morgan fingerprint density at radius 1 is 1.54 bits per heavy atom. The molecule has 2 N–H and O–H groups in total. The number of aliphatic imine (C=N–C) groups is 1. The lowest BCUT2D eigenvalue weighted by atomic mass is 10.2. The van der Waals surface area contributed by atoms with Gasteiger partial charge in [0.1, 0.15) is 0 Å². The Bertz CT molecular complexity index is 187. The van der Waals surface area contributed by atoms with Crippen molar-refractivity contribution in [1.82, 2.24) is 10.6 Å². The van der Waals surface area contributed by atoms with E-state index < -0.39 is 0 Å². The Hall–Kier alpha value is -0.770. The fourth-order valence-corrected chi connectivity index (χ4v) is 1.71. The average Bonchev–Trinajstić information content (AvgIpc) is 2.69. The van der Waals surface area contributed by atoms with Crippen LogP contribution in [0.1, 0.15) is 19.3 Å². The average molecular weight is 183 g/mol. The highest BCUT2D eigenvalue weighted by atomic mass is 16.5. The number of hydrogen-bond acceptors (Lipinski definition) is 4. The Labute approximate surface area is 78.8 Å². The summed E-state index contributed by atoms with van der Waals surface area (Å²) < 4.78 is 5.35. The van der Waals surface area contributed by atoms with Gasteiger partial charge in [-0.1, -0.05) is 0 Å².